The molecule has 0 spiro atoms. The predicted octanol–water partition coefficient (Wildman–Crippen LogP) is 4.89. The van der Waals surface area contributed by atoms with Crippen LogP contribution < -0.4 is 0 Å². The van der Waals surface area contributed by atoms with Crippen LogP contribution in [-0.2, 0) is 0 Å². The zero-order valence-corrected chi connectivity index (χ0v) is 17.4. The van der Waals surface area contributed by atoms with Crippen molar-refractivity contribution >= 4 is 10.9 Å². The molecule has 3 aromatic rings. The SMILES string of the molecule is CC(C)CCN1CCC(c2nnc(-c3nn(C(C)C)c4ccccc34)o2)CC1. The first-order chi connectivity index (χ1) is 13.5. The number of benzene rings is 1. The smallest absolute Gasteiger partial charge is 0.268 e. The van der Waals surface area contributed by atoms with Gasteiger partial charge in [-0.1, -0.05) is 32.0 Å². The van der Waals surface area contributed by atoms with Crippen LogP contribution in [0.5, 0.6) is 0 Å². The van der Waals surface area contributed by atoms with Crippen molar-refractivity contribution in [1.82, 2.24) is 24.9 Å². The van der Waals surface area contributed by atoms with Gasteiger partial charge in [0.25, 0.3) is 5.89 Å². The number of fused-ring (bicyclic) bond motifs is 1. The van der Waals surface area contributed by atoms with Crippen molar-refractivity contribution < 1.29 is 4.42 Å². The van der Waals surface area contributed by atoms with Gasteiger partial charge in [-0.2, -0.15) is 5.10 Å². The second-order valence-corrected chi connectivity index (χ2v) is 8.65. The number of likely N-dealkylation sites (tertiary alicyclic amines) is 1. The molecular weight excluding hydrogens is 350 g/mol. The van der Waals surface area contributed by atoms with Gasteiger partial charge in [0, 0.05) is 17.3 Å². The van der Waals surface area contributed by atoms with E-state index in [1.807, 2.05) is 16.8 Å². The van der Waals surface area contributed by atoms with Crippen LogP contribution in [0.2, 0.25) is 0 Å². The Bertz CT molecular complexity index is 918. The van der Waals surface area contributed by atoms with Gasteiger partial charge >= 0.3 is 0 Å². The Morgan fingerprint density at radius 3 is 2.54 bits per heavy atom. The molecule has 0 amide bonds. The van der Waals surface area contributed by atoms with Crippen molar-refractivity contribution in [3.63, 3.8) is 0 Å². The Balaban J connectivity index is 1.51. The molecule has 1 aliphatic heterocycles. The third-order valence-corrected chi connectivity index (χ3v) is 5.71. The van der Waals surface area contributed by atoms with E-state index < -0.39 is 0 Å². The number of piperidine rings is 1. The van der Waals surface area contributed by atoms with Gasteiger partial charge in [0.15, 0.2) is 5.69 Å². The van der Waals surface area contributed by atoms with Gasteiger partial charge in [0.1, 0.15) is 0 Å². The van der Waals surface area contributed by atoms with Gasteiger partial charge in [0.05, 0.1) is 5.52 Å². The van der Waals surface area contributed by atoms with E-state index in [1.165, 1.54) is 13.0 Å². The Labute approximate surface area is 166 Å². The quantitative estimate of drug-likeness (QED) is 0.608. The molecule has 1 aromatic carbocycles. The highest BCUT2D eigenvalue weighted by atomic mass is 16.4. The van der Waals surface area contributed by atoms with Crippen molar-refractivity contribution in [3.05, 3.63) is 30.2 Å². The molecule has 4 rings (SSSR count). The van der Waals surface area contributed by atoms with E-state index in [0.717, 1.165) is 54.3 Å². The van der Waals surface area contributed by atoms with E-state index >= 15 is 0 Å². The lowest BCUT2D eigenvalue weighted by Gasteiger charge is -2.30. The van der Waals surface area contributed by atoms with Gasteiger partial charge in [-0.05, 0) is 64.7 Å². The van der Waals surface area contributed by atoms with Crippen LogP contribution >= 0.6 is 0 Å². The summed E-state index contributed by atoms with van der Waals surface area (Å²) in [4.78, 5) is 2.56. The maximum atomic E-state index is 6.13. The Morgan fingerprint density at radius 1 is 1.07 bits per heavy atom. The molecule has 0 saturated carbocycles. The summed E-state index contributed by atoms with van der Waals surface area (Å²) >= 11 is 0. The van der Waals surface area contributed by atoms with Crippen molar-refractivity contribution in [1.29, 1.82) is 0 Å². The lowest BCUT2D eigenvalue weighted by atomic mass is 9.96. The van der Waals surface area contributed by atoms with Gasteiger partial charge in [0.2, 0.25) is 5.89 Å². The van der Waals surface area contributed by atoms with Crippen LogP contribution in [0, 0.1) is 5.92 Å². The Kier molecular flexibility index (Phi) is 5.49. The molecule has 1 aliphatic rings. The first-order valence-corrected chi connectivity index (χ1v) is 10.6. The number of rotatable bonds is 6. The van der Waals surface area contributed by atoms with Crippen molar-refractivity contribution in [2.75, 3.05) is 19.6 Å². The van der Waals surface area contributed by atoms with E-state index in [-0.39, 0.29) is 6.04 Å². The van der Waals surface area contributed by atoms with Gasteiger partial charge in [-0.15, -0.1) is 10.2 Å². The zero-order valence-electron chi connectivity index (χ0n) is 17.4. The third-order valence-electron chi connectivity index (χ3n) is 5.71. The van der Waals surface area contributed by atoms with E-state index in [2.05, 4.69) is 54.9 Å². The number of hydrogen-bond donors (Lipinski definition) is 0. The first-order valence-electron chi connectivity index (χ1n) is 10.6. The maximum Gasteiger partial charge on any atom is 0.268 e. The maximum absolute atomic E-state index is 6.13. The van der Waals surface area contributed by atoms with Crippen LogP contribution in [0.15, 0.2) is 28.7 Å². The summed E-state index contributed by atoms with van der Waals surface area (Å²) in [7, 11) is 0. The van der Waals surface area contributed by atoms with Crippen molar-refractivity contribution in [2.45, 2.75) is 58.9 Å². The second-order valence-electron chi connectivity index (χ2n) is 8.65. The molecule has 0 unspecified atom stereocenters. The summed E-state index contributed by atoms with van der Waals surface area (Å²) in [6, 6.07) is 8.52. The average Bonchev–Trinajstić information content (AvgIpc) is 3.31. The van der Waals surface area contributed by atoms with Crippen molar-refractivity contribution in [2.24, 2.45) is 5.92 Å². The minimum atomic E-state index is 0.274. The average molecular weight is 382 g/mol. The molecular formula is C22H31N5O. The van der Waals surface area contributed by atoms with Crippen LogP contribution in [-0.4, -0.2) is 44.5 Å². The van der Waals surface area contributed by atoms with E-state index in [0.29, 0.717) is 11.8 Å². The zero-order chi connectivity index (χ0) is 19.7. The van der Waals surface area contributed by atoms with Gasteiger partial charge in [-0.3, -0.25) is 4.68 Å². The largest absolute Gasteiger partial charge is 0.419 e. The van der Waals surface area contributed by atoms with Crippen molar-refractivity contribution in [3.8, 4) is 11.6 Å². The highest BCUT2D eigenvalue weighted by Gasteiger charge is 2.26. The molecule has 0 bridgehead atoms. The highest BCUT2D eigenvalue weighted by Crippen LogP contribution is 2.32. The summed E-state index contributed by atoms with van der Waals surface area (Å²) in [5, 5.41) is 14.6. The fourth-order valence-electron chi connectivity index (χ4n) is 3.98. The Hall–Kier alpha value is -2.21. The predicted molar refractivity (Wildman–Crippen MR) is 111 cm³/mol. The fourth-order valence-corrected chi connectivity index (χ4v) is 3.98. The minimum absolute atomic E-state index is 0.274. The van der Waals surface area contributed by atoms with Crippen LogP contribution in [0.1, 0.15) is 64.8 Å². The summed E-state index contributed by atoms with van der Waals surface area (Å²) < 4.78 is 8.16. The lowest BCUT2D eigenvalue weighted by molar-refractivity contribution is 0.191. The molecule has 0 aliphatic carbocycles. The molecule has 1 fully saturated rings. The number of para-hydroxylation sites is 1. The van der Waals surface area contributed by atoms with Gasteiger partial charge in [-0.25, -0.2) is 0 Å². The van der Waals surface area contributed by atoms with Crippen LogP contribution in [0.4, 0.5) is 0 Å². The highest BCUT2D eigenvalue weighted by molar-refractivity contribution is 5.91. The Morgan fingerprint density at radius 2 is 1.82 bits per heavy atom. The number of aromatic nitrogens is 4. The molecule has 2 aromatic heterocycles. The van der Waals surface area contributed by atoms with Gasteiger partial charge < -0.3 is 9.32 Å². The molecule has 1 saturated heterocycles. The standard InChI is InChI=1S/C22H31N5O/c1-15(2)9-12-26-13-10-17(11-14-26)21-23-24-22(28-21)20-18-7-5-6-8-19(18)27(25-20)16(3)4/h5-8,15-17H,9-14H2,1-4H3. The summed E-state index contributed by atoms with van der Waals surface area (Å²) in [5.41, 5.74) is 1.89. The monoisotopic (exact) mass is 381 g/mol. The fraction of sp³-hybridized carbons (Fsp3) is 0.591. The molecule has 6 heteroatoms. The van der Waals surface area contributed by atoms with E-state index in [4.69, 9.17) is 9.52 Å². The minimum Gasteiger partial charge on any atom is -0.419 e. The molecule has 3 heterocycles. The van der Waals surface area contributed by atoms with E-state index in [1.54, 1.807) is 0 Å². The molecule has 6 nitrogen and oxygen atoms in total. The molecule has 0 N–H and O–H groups in total. The summed E-state index contributed by atoms with van der Waals surface area (Å²) in [6.45, 7) is 12.3. The lowest BCUT2D eigenvalue weighted by Crippen LogP contribution is -2.34. The normalized spacial score (nSPS) is 16.6. The topological polar surface area (TPSA) is 60.0 Å². The third kappa shape index (κ3) is 3.83. The number of nitrogens with zero attached hydrogens (tertiary/aromatic N) is 5. The summed E-state index contributed by atoms with van der Waals surface area (Å²) in [5.74, 6) is 2.42. The van der Waals surface area contributed by atoms with Crippen LogP contribution in [0.3, 0.4) is 0 Å². The van der Waals surface area contributed by atoms with Crippen LogP contribution in [0.25, 0.3) is 22.5 Å². The first kappa shape index (κ1) is 19.1. The number of hydrogen-bond acceptors (Lipinski definition) is 5. The summed E-state index contributed by atoms with van der Waals surface area (Å²) in [6.07, 6.45) is 3.43. The van der Waals surface area contributed by atoms with E-state index in [9.17, 15) is 0 Å². The molecule has 0 atom stereocenters. The molecule has 150 valence electrons. The molecule has 28 heavy (non-hydrogen) atoms. The molecule has 0 radical (unpaired) electrons. The second kappa shape index (κ2) is 8.03.